The Morgan fingerprint density at radius 3 is 2.50 bits per heavy atom. The minimum absolute atomic E-state index is 0.865. The molecule has 0 aromatic rings. The molecule has 0 heterocycles. The van der Waals surface area contributed by atoms with Crippen molar-refractivity contribution in [2.75, 3.05) is 6.54 Å². The van der Waals surface area contributed by atoms with Gasteiger partial charge >= 0.3 is 0 Å². The average Bonchev–Trinajstić information content (AvgIpc) is 1.96. The van der Waals surface area contributed by atoms with Gasteiger partial charge in [-0.05, 0) is 43.6 Å². The van der Waals surface area contributed by atoms with E-state index >= 15 is 0 Å². The molecule has 1 fully saturated rings. The minimum Gasteiger partial charge on any atom is -0.330 e. The van der Waals surface area contributed by atoms with Crippen molar-refractivity contribution in [1.82, 2.24) is 0 Å². The van der Waals surface area contributed by atoms with Crippen LogP contribution in [0.2, 0.25) is 0 Å². The molecule has 1 aliphatic carbocycles. The van der Waals surface area contributed by atoms with E-state index in [1.807, 2.05) is 0 Å². The monoisotopic (exact) mass is 169 g/mol. The van der Waals surface area contributed by atoms with Crippen LogP contribution in [0, 0.1) is 17.8 Å². The Hall–Kier alpha value is -0.0400. The third kappa shape index (κ3) is 2.78. The van der Waals surface area contributed by atoms with Crippen molar-refractivity contribution in [3.8, 4) is 0 Å². The van der Waals surface area contributed by atoms with Gasteiger partial charge in [-0.25, -0.2) is 0 Å². The predicted molar refractivity (Wildman–Crippen MR) is 54.0 cm³/mol. The summed E-state index contributed by atoms with van der Waals surface area (Å²) in [6.07, 6.45) is 7.01. The molecule has 1 unspecified atom stereocenters. The molecule has 72 valence electrons. The lowest BCUT2D eigenvalue weighted by Crippen LogP contribution is -2.30. The summed E-state index contributed by atoms with van der Waals surface area (Å²) in [7, 11) is 0. The number of nitrogens with two attached hydrogens (primary N) is 1. The first kappa shape index (κ1) is 10.0. The van der Waals surface area contributed by atoms with E-state index in [0.717, 1.165) is 24.3 Å². The van der Waals surface area contributed by atoms with Crippen molar-refractivity contribution < 1.29 is 0 Å². The Bertz CT molecular complexity index is 116. The van der Waals surface area contributed by atoms with Crippen LogP contribution in [-0.2, 0) is 0 Å². The second-order valence-electron chi connectivity index (χ2n) is 4.57. The van der Waals surface area contributed by atoms with Crippen molar-refractivity contribution in [3.63, 3.8) is 0 Å². The Morgan fingerprint density at radius 1 is 1.33 bits per heavy atom. The van der Waals surface area contributed by atoms with Crippen LogP contribution in [0.25, 0.3) is 0 Å². The zero-order chi connectivity index (χ0) is 8.97. The summed E-state index contributed by atoms with van der Waals surface area (Å²) in [4.78, 5) is 0. The van der Waals surface area contributed by atoms with Gasteiger partial charge in [-0.1, -0.05) is 26.7 Å². The van der Waals surface area contributed by atoms with Gasteiger partial charge in [0.05, 0.1) is 0 Å². The molecule has 0 radical (unpaired) electrons. The zero-order valence-electron chi connectivity index (χ0n) is 8.55. The molecule has 2 N–H and O–H groups in total. The lowest BCUT2D eigenvalue weighted by atomic mass is 9.71. The average molecular weight is 169 g/mol. The van der Waals surface area contributed by atoms with Gasteiger partial charge in [0.1, 0.15) is 0 Å². The molecule has 0 aliphatic heterocycles. The quantitative estimate of drug-likeness (QED) is 0.673. The molecule has 1 aliphatic rings. The van der Waals surface area contributed by atoms with Crippen LogP contribution in [-0.4, -0.2) is 6.54 Å². The summed E-state index contributed by atoms with van der Waals surface area (Å²) in [5.74, 6) is 2.82. The molecule has 1 nitrogen and oxygen atoms in total. The van der Waals surface area contributed by atoms with E-state index in [2.05, 4.69) is 13.8 Å². The maximum absolute atomic E-state index is 5.59. The summed E-state index contributed by atoms with van der Waals surface area (Å²) in [6, 6.07) is 0. The fourth-order valence-corrected chi connectivity index (χ4v) is 2.44. The highest BCUT2D eigenvalue weighted by molar-refractivity contribution is 4.80. The predicted octanol–water partition coefficient (Wildman–Crippen LogP) is 2.80. The third-order valence-electron chi connectivity index (χ3n) is 3.18. The first-order chi connectivity index (χ1) is 5.76. The van der Waals surface area contributed by atoms with E-state index in [0.29, 0.717) is 0 Å². The molecular weight excluding hydrogens is 146 g/mol. The lowest BCUT2D eigenvalue weighted by Gasteiger charge is -2.36. The van der Waals surface area contributed by atoms with E-state index in [4.69, 9.17) is 5.73 Å². The summed E-state index contributed by atoms with van der Waals surface area (Å²) >= 11 is 0. The largest absolute Gasteiger partial charge is 0.330 e. The van der Waals surface area contributed by atoms with Crippen LogP contribution < -0.4 is 5.73 Å². The zero-order valence-corrected chi connectivity index (χ0v) is 8.55. The van der Waals surface area contributed by atoms with E-state index in [1.165, 1.54) is 32.1 Å². The van der Waals surface area contributed by atoms with Crippen molar-refractivity contribution in [2.24, 2.45) is 23.5 Å². The molecule has 1 saturated carbocycles. The number of hydrogen-bond acceptors (Lipinski definition) is 1. The van der Waals surface area contributed by atoms with Crippen molar-refractivity contribution in [2.45, 2.75) is 46.0 Å². The van der Waals surface area contributed by atoms with E-state index in [9.17, 15) is 0 Å². The molecule has 0 bridgehead atoms. The van der Waals surface area contributed by atoms with Crippen molar-refractivity contribution in [3.05, 3.63) is 0 Å². The molecule has 0 amide bonds. The summed E-state index contributed by atoms with van der Waals surface area (Å²) in [5, 5.41) is 0. The van der Waals surface area contributed by atoms with Crippen LogP contribution in [0.15, 0.2) is 0 Å². The van der Waals surface area contributed by atoms with Crippen LogP contribution in [0.3, 0.4) is 0 Å². The van der Waals surface area contributed by atoms with Crippen LogP contribution in [0.5, 0.6) is 0 Å². The van der Waals surface area contributed by atoms with Gasteiger partial charge in [0.15, 0.2) is 0 Å². The molecular formula is C11H23N. The molecule has 0 spiro atoms. The van der Waals surface area contributed by atoms with Crippen LogP contribution >= 0.6 is 0 Å². The molecule has 0 aromatic carbocycles. The maximum Gasteiger partial charge on any atom is -0.00487 e. The van der Waals surface area contributed by atoms with Crippen molar-refractivity contribution >= 4 is 0 Å². The normalized spacial score (nSPS) is 31.2. The highest BCUT2D eigenvalue weighted by Gasteiger charge is 2.28. The Balaban J connectivity index is 2.02. The molecule has 0 saturated heterocycles. The topological polar surface area (TPSA) is 26.0 Å². The minimum atomic E-state index is 0.865. The van der Waals surface area contributed by atoms with E-state index < -0.39 is 0 Å². The third-order valence-corrected chi connectivity index (χ3v) is 3.18. The molecule has 1 atom stereocenters. The van der Waals surface area contributed by atoms with Gasteiger partial charge in [0.2, 0.25) is 0 Å². The fraction of sp³-hybridized carbons (Fsp3) is 1.00. The number of hydrogen-bond donors (Lipinski definition) is 1. The Kier molecular flexibility index (Phi) is 4.07. The first-order valence-corrected chi connectivity index (χ1v) is 5.46. The SMILES string of the molecule is CCCC(C)CC1CC(CN)C1. The van der Waals surface area contributed by atoms with Crippen LogP contribution in [0.1, 0.15) is 46.0 Å². The van der Waals surface area contributed by atoms with Gasteiger partial charge in [-0.15, -0.1) is 0 Å². The van der Waals surface area contributed by atoms with Gasteiger partial charge in [0.25, 0.3) is 0 Å². The second-order valence-corrected chi connectivity index (χ2v) is 4.57. The highest BCUT2D eigenvalue weighted by Crippen LogP contribution is 2.37. The van der Waals surface area contributed by atoms with Gasteiger partial charge in [-0.2, -0.15) is 0 Å². The number of rotatable bonds is 5. The lowest BCUT2D eigenvalue weighted by molar-refractivity contribution is 0.165. The fourth-order valence-electron chi connectivity index (χ4n) is 2.44. The van der Waals surface area contributed by atoms with Crippen molar-refractivity contribution in [1.29, 1.82) is 0 Å². The van der Waals surface area contributed by atoms with Gasteiger partial charge in [0, 0.05) is 0 Å². The van der Waals surface area contributed by atoms with E-state index in [-0.39, 0.29) is 0 Å². The standard InChI is InChI=1S/C11H23N/c1-3-4-9(2)5-10-6-11(7-10)8-12/h9-11H,3-8,12H2,1-2H3. The summed E-state index contributed by atoms with van der Waals surface area (Å²) in [5.41, 5.74) is 5.59. The molecule has 12 heavy (non-hydrogen) atoms. The first-order valence-electron chi connectivity index (χ1n) is 5.46. The van der Waals surface area contributed by atoms with E-state index in [1.54, 1.807) is 0 Å². The molecule has 1 rings (SSSR count). The van der Waals surface area contributed by atoms with Gasteiger partial charge in [-0.3, -0.25) is 0 Å². The van der Waals surface area contributed by atoms with Crippen LogP contribution in [0.4, 0.5) is 0 Å². The van der Waals surface area contributed by atoms with Gasteiger partial charge < -0.3 is 5.73 Å². The Labute approximate surface area is 76.7 Å². The smallest absolute Gasteiger partial charge is 0.00487 e. The summed E-state index contributed by atoms with van der Waals surface area (Å²) in [6.45, 7) is 5.58. The molecule has 1 heteroatoms. The summed E-state index contributed by atoms with van der Waals surface area (Å²) < 4.78 is 0. The maximum atomic E-state index is 5.59. The second kappa shape index (κ2) is 4.86. The molecule has 0 aromatic heterocycles. The Morgan fingerprint density at radius 2 is 2.00 bits per heavy atom. The highest BCUT2D eigenvalue weighted by atomic mass is 14.6.